The first kappa shape index (κ1) is 28.8. The maximum absolute atomic E-state index is 2.59. The van der Waals surface area contributed by atoms with Gasteiger partial charge in [-0.05, 0) is 135 Å². The van der Waals surface area contributed by atoms with Crippen molar-refractivity contribution in [1.29, 1.82) is 0 Å². The van der Waals surface area contributed by atoms with Crippen LogP contribution < -0.4 is 0 Å². The molecule has 3 aromatic rings. The zero-order chi connectivity index (χ0) is 31.5. The molecule has 3 atom stereocenters. The Labute approximate surface area is 281 Å². The van der Waals surface area contributed by atoms with Gasteiger partial charge < -0.3 is 0 Å². The summed E-state index contributed by atoms with van der Waals surface area (Å²) in [6, 6.07) is 21.6. The molecule has 0 fully saturated rings. The normalized spacial score (nSPS) is 24.8. The van der Waals surface area contributed by atoms with Crippen molar-refractivity contribution in [2.24, 2.45) is 5.92 Å². The molecule has 6 aliphatic carbocycles. The van der Waals surface area contributed by atoms with Crippen molar-refractivity contribution in [3.63, 3.8) is 0 Å². The lowest BCUT2D eigenvalue weighted by atomic mass is 9.72. The maximum Gasteiger partial charge on any atom is 0.0155 e. The van der Waals surface area contributed by atoms with E-state index >= 15 is 0 Å². The Morgan fingerprint density at radius 2 is 1.57 bits per heavy atom. The van der Waals surface area contributed by atoms with Crippen LogP contribution in [0.2, 0.25) is 0 Å². The van der Waals surface area contributed by atoms with Gasteiger partial charge in [-0.1, -0.05) is 135 Å². The van der Waals surface area contributed by atoms with Crippen LogP contribution in [0.5, 0.6) is 0 Å². The minimum absolute atomic E-state index is 0.0214. The quantitative estimate of drug-likeness (QED) is 0.276. The third-order valence-corrected chi connectivity index (χ3v) is 12.0. The van der Waals surface area contributed by atoms with Crippen molar-refractivity contribution in [2.45, 2.75) is 76.0 Å². The second-order valence-electron chi connectivity index (χ2n) is 15.0. The topological polar surface area (TPSA) is 0 Å². The second-order valence-corrected chi connectivity index (χ2v) is 15.0. The van der Waals surface area contributed by atoms with Crippen molar-refractivity contribution in [3.8, 4) is 0 Å². The number of allylic oxidation sites excluding steroid dienone is 14. The lowest BCUT2D eigenvalue weighted by molar-refractivity contribution is 0.514. The Bertz CT molecular complexity index is 2040. The smallest absolute Gasteiger partial charge is 0.0155 e. The van der Waals surface area contributed by atoms with E-state index in [4.69, 9.17) is 0 Å². The van der Waals surface area contributed by atoms with E-state index in [2.05, 4.69) is 141 Å². The van der Waals surface area contributed by atoms with Gasteiger partial charge in [-0.3, -0.25) is 0 Å². The van der Waals surface area contributed by atoms with E-state index < -0.39 is 0 Å². The van der Waals surface area contributed by atoms with E-state index in [0.29, 0.717) is 17.8 Å². The molecule has 0 aliphatic heterocycles. The van der Waals surface area contributed by atoms with E-state index in [0.717, 1.165) is 44.9 Å². The van der Waals surface area contributed by atoms with Gasteiger partial charge in [-0.2, -0.15) is 0 Å². The number of fused-ring (bicyclic) bond motifs is 4. The summed E-state index contributed by atoms with van der Waals surface area (Å²) in [7, 11) is 0. The van der Waals surface area contributed by atoms with Crippen LogP contribution in [0.25, 0.3) is 28.9 Å². The average molecular weight is 609 g/mol. The molecule has 9 rings (SSSR count). The summed E-state index contributed by atoms with van der Waals surface area (Å²) in [4.78, 5) is 0. The van der Waals surface area contributed by atoms with Gasteiger partial charge in [0.05, 0.1) is 0 Å². The molecule has 3 unspecified atom stereocenters. The first-order valence-electron chi connectivity index (χ1n) is 17.9. The van der Waals surface area contributed by atoms with Gasteiger partial charge in [0.25, 0.3) is 0 Å². The molecule has 3 aromatic carbocycles. The van der Waals surface area contributed by atoms with Crippen LogP contribution in [0.4, 0.5) is 0 Å². The Hall–Kier alpha value is -4.42. The second kappa shape index (κ2) is 11.4. The van der Waals surface area contributed by atoms with Crippen LogP contribution in [0.3, 0.4) is 0 Å². The predicted molar refractivity (Wildman–Crippen MR) is 201 cm³/mol. The largest absolute Gasteiger partial charge is 0.0839 e. The zero-order valence-corrected chi connectivity index (χ0v) is 27.8. The van der Waals surface area contributed by atoms with Crippen LogP contribution in [-0.4, -0.2) is 0 Å². The van der Waals surface area contributed by atoms with E-state index in [1.807, 2.05) is 0 Å². The fourth-order valence-electron chi connectivity index (χ4n) is 9.41. The van der Waals surface area contributed by atoms with Crippen LogP contribution in [-0.2, 0) is 11.8 Å². The van der Waals surface area contributed by atoms with Gasteiger partial charge in [0.2, 0.25) is 0 Å². The molecule has 0 aromatic heterocycles. The average Bonchev–Trinajstić information content (AvgIpc) is 3.36. The van der Waals surface area contributed by atoms with Gasteiger partial charge in [-0.25, -0.2) is 0 Å². The highest BCUT2D eigenvalue weighted by molar-refractivity contribution is 5.91. The van der Waals surface area contributed by atoms with Crippen molar-refractivity contribution in [1.82, 2.24) is 0 Å². The standard InChI is InChI=1S/C47H44/c1-47(2)45-29-33(37-25-35-17-9-11-19-39(35)43(27-37)31-13-5-3-6-14-31)21-23-41(45)42-24-22-34(30-46(42)47)38-26-36-18-10-12-20-40(36)44(28-38)32-15-7-4-8-16-32/h3-9,11-13,15,17,19-21,23,25-26,28-32,43H,10,14,16,18,22,24,27H2,1-2H3. The van der Waals surface area contributed by atoms with Gasteiger partial charge in [-0.15, -0.1) is 0 Å². The first-order valence-corrected chi connectivity index (χ1v) is 17.9. The molecule has 0 heteroatoms. The highest BCUT2D eigenvalue weighted by Gasteiger charge is 2.39. The molecular weight excluding hydrogens is 565 g/mol. The molecule has 0 nitrogen and oxygen atoms in total. The molecule has 47 heavy (non-hydrogen) atoms. The summed E-state index contributed by atoms with van der Waals surface area (Å²) in [5.41, 5.74) is 19.3. The number of benzene rings is 3. The van der Waals surface area contributed by atoms with E-state index in [-0.39, 0.29) is 5.41 Å². The van der Waals surface area contributed by atoms with E-state index in [1.54, 1.807) is 5.57 Å². The molecule has 6 aliphatic rings. The molecular formula is C47H44. The summed E-state index contributed by atoms with van der Waals surface area (Å²) in [6.07, 6.45) is 36.0. The van der Waals surface area contributed by atoms with Crippen molar-refractivity contribution >= 4 is 28.9 Å². The van der Waals surface area contributed by atoms with Crippen molar-refractivity contribution in [2.75, 3.05) is 0 Å². The van der Waals surface area contributed by atoms with Gasteiger partial charge >= 0.3 is 0 Å². The van der Waals surface area contributed by atoms with Crippen LogP contribution in [0.1, 0.15) is 114 Å². The summed E-state index contributed by atoms with van der Waals surface area (Å²) in [5.74, 6) is 1.54. The third-order valence-electron chi connectivity index (χ3n) is 12.0. The van der Waals surface area contributed by atoms with E-state index in [9.17, 15) is 0 Å². The van der Waals surface area contributed by atoms with Crippen LogP contribution >= 0.6 is 0 Å². The Kier molecular flexibility index (Phi) is 6.97. The molecule has 232 valence electrons. The minimum Gasteiger partial charge on any atom is -0.0839 e. The molecule has 0 N–H and O–H groups in total. The molecule has 0 bridgehead atoms. The van der Waals surface area contributed by atoms with E-state index in [1.165, 1.54) is 66.8 Å². The number of hydrogen-bond acceptors (Lipinski definition) is 0. The number of hydrogen-bond donors (Lipinski definition) is 0. The molecule has 0 saturated heterocycles. The fraction of sp³-hybridized carbons (Fsp3) is 0.277. The third kappa shape index (κ3) is 4.88. The summed E-state index contributed by atoms with van der Waals surface area (Å²) >= 11 is 0. The van der Waals surface area contributed by atoms with Crippen molar-refractivity contribution < 1.29 is 0 Å². The molecule has 0 amide bonds. The first-order chi connectivity index (χ1) is 23.0. The zero-order valence-electron chi connectivity index (χ0n) is 27.8. The predicted octanol–water partition coefficient (Wildman–Crippen LogP) is 12.3. The Morgan fingerprint density at radius 3 is 2.43 bits per heavy atom. The van der Waals surface area contributed by atoms with Gasteiger partial charge in [0.15, 0.2) is 0 Å². The number of rotatable bonds is 4. The fourth-order valence-corrected chi connectivity index (χ4v) is 9.41. The highest BCUT2D eigenvalue weighted by atomic mass is 14.4. The molecule has 0 heterocycles. The van der Waals surface area contributed by atoms with Crippen LogP contribution in [0.15, 0.2) is 121 Å². The lowest BCUT2D eigenvalue weighted by Crippen LogP contribution is -2.18. The Morgan fingerprint density at radius 1 is 0.702 bits per heavy atom. The highest BCUT2D eigenvalue weighted by Crippen LogP contribution is 2.53. The SMILES string of the molecule is CC1(C)C2=C(CCC(c3cc4c(c(C5C=CC=CC5)c3)C=CCC4)=C2)c2ccc(C3=Cc4ccccc4C(C4C=CC=CC4)C3)cc21. The molecule has 0 radical (unpaired) electrons. The maximum atomic E-state index is 2.59. The summed E-state index contributed by atoms with van der Waals surface area (Å²) < 4.78 is 0. The number of aryl methyl sites for hydroxylation is 1. The molecule has 0 saturated carbocycles. The summed E-state index contributed by atoms with van der Waals surface area (Å²) in [5, 5.41) is 0. The Balaban J connectivity index is 1.07. The summed E-state index contributed by atoms with van der Waals surface area (Å²) in [6.45, 7) is 4.93. The lowest BCUT2D eigenvalue weighted by Gasteiger charge is -2.32. The van der Waals surface area contributed by atoms with Gasteiger partial charge in [0, 0.05) is 11.3 Å². The van der Waals surface area contributed by atoms with Crippen molar-refractivity contribution in [3.05, 3.63) is 171 Å². The van der Waals surface area contributed by atoms with Gasteiger partial charge in [0.1, 0.15) is 0 Å². The van der Waals surface area contributed by atoms with Crippen LogP contribution in [0, 0.1) is 5.92 Å². The minimum atomic E-state index is -0.0214. The monoisotopic (exact) mass is 608 g/mol. The molecule has 0 spiro atoms.